The van der Waals surface area contributed by atoms with Crippen molar-refractivity contribution in [2.45, 2.75) is 47.1 Å². The molecule has 3 unspecified atom stereocenters. The minimum atomic E-state index is -0.144. The highest BCUT2D eigenvalue weighted by molar-refractivity contribution is 5.95. The van der Waals surface area contributed by atoms with Crippen LogP contribution < -0.4 is 10.6 Å². The van der Waals surface area contributed by atoms with Gasteiger partial charge in [-0.3, -0.25) is 14.4 Å². The average molecular weight is 490 g/mol. The average Bonchev–Trinajstić information content (AvgIpc) is 2.84. The Morgan fingerprint density at radius 2 is 1.69 bits per heavy atom. The molecule has 0 aromatic heterocycles. The number of allylic oxidation sites excluding steroid dienone is 1. The Morgan fingerprint density at radius 3 is 2.31 bits per heavy atom. The van der Waals surface area contributed by atoms with Gasteiger partial charge in [0, 0.05) is 44.7 Å². The van der Waals surface area contributed by atoms with Gasteiger partial charge < -0.3 is 15.5 Å². The third-order valence-corrected chi connectivity index (χ3v) is 7.16. The molecule has 0 spiro atoms. The number of rotatable bonds is 9. The molecule has 0 bridgehead atoms. The van der Waals surface area contributed by atoms with Crippen LogP contribution in [0.3, 0.4) is 0 Å². The van der Waals surface area contributed by atoms with E-state index in [1.165, 1.54) is 12.5 Å². The molecule has 3 amide bonds. The fourth-order valence-corrected chi connectivity index (χ4v) is 5.04. The third-order valence-electron chi connectivity index (χ3n) is 7.16. The second-order valence-electron chi connectivity index (χ2n) is 10.3. The van der Waals surface area contributed by atoms with Gasteiger partial charge in [-0.25, -0.2) is 0 Å². The highest BCUT2D eigenvalue weighted by Crippen LogP contribution is 2.39. The van der Waals surface area contributed by atoms with Crippen LogP contribution in [-0.4, -0.2) is 36.2 Å². The van der Waals surface area contributed by atoms with Gasteiger partial charge in [0.2, 0.25) is 11.8 Å². The summed E-state index contributed by atoms with van der Waals surface area (Å²) in [6.45, 7) is 9.17. The highest BCUT2D eigenvalue weighted by Gasteiger charge is 2.33. The smallest absolute Gasteiger partial charge is 0.251 e. The Hall–Kier alpha value is -3.41. The molecule has 2 N–H and O–H groups in total. The zero-order valence-corrected chi connectivity index (χ0v) is 22.1. The van der Waals surface area contributed by atoms with E-state index in [2.05, 4.69) is 37.5 Å². The van der Waals surface area contributed by atoms with Gasteiger partial charge in [0.15, 0.2) is 0 Å². The van der Waals surface area contributed by atoms with Crippen LogP contribution in [0.25, 0.3) is 0 Å². The largest absolute Gasteiger partial charge is 0.351 e. The van der Waals surface area contributed by atoms with Crippen LogP contribution >= 0.6 is 0 Å². The van der Waals surface area contributed by atoms with Gasteiger partial charge in [-0.1, -0.05) is 55.8 Å². The van der Waals surface area contributed by atoms with E-state index >= 15 is 0 Å². The molecule has 6 heteroatoms. The first-order chi connectivity index (χ1) is 17.1. The zero-order chi connectivity index (χ0) is 26.2. The van der Waals surface area contributed by atoms with Crippen LogP contribution in [0.5, 0.6) is 0 Å². The standard InChI is InChI=1S/C30H39N3O3/c1-20(2)28-16-25(17-29(35)33(5)19-23-9-7-6-8-10-23)21(3)15-26(28)18-31-30(36)24-11-13-27(14-12-24)32-22(4)34/h6-15,20,25-26,28H,16-19H2,1-5H3,(H,31,36)(H,32,34). The lowest BCUT2D eigenvalue weighted by Gasteiger charge is -2.37. The van der Waals surface area contributed by atoms with Crippen molar-refractivity contribution in [2.24, 2.45) is 23.7 Å². The number of amides is 3. The van der Waals surface area contributed by atoms with Gasteiger partial charge in [-0.05, 0) is 66.8 Å². The van der Waals surface area contributed by atoms with Crippen molar-refractivity contribution in [1.29, 1.82) is 0 Å². The van der Waals surface area contributed by atoms with Crippen LogP contribution in [0.4, 0.5) is 5.69 Å². The van der Waals surface area contributed by atoms with Crippen LogP contribution in [-0.2, 0) is 16.1 Å². The summed E-state index contributed by atoms with van der Waals surface area (Å²) >= 11 is 0. The number of hydrogen-bond donors (Lipinski definition) is 2. The van der Waals surface area contributed by atoms with Crippen molar-refractivity contribution in [3.8, 4) is 0 Å². The van der Waals surface area contributed by atoms with E-state index in [9.17, 15) is 14.4 Å². The Balaban J connectivity index is 1.60. The fraction of sp³-hybridized carbons (Fsp3) is 0.433. The lowest BCUT2D eigenvalue weighted by molar-refractivity contribution is -0.131. The lowest BCUT2D eigenvalue weighted by atomic mass is 9.69. The van der Waals surface area contributed by atoms with Gasteiger partial charge in [-0.2, -0.15) is 0 Å². The molecule has 1 aliphatic carbocycles. The van der Waals surface area contributed by atoms with Crippen molar-refractivity contribution >= 4 is 23.4 Å². The molecule has 0 fully saturated rings. The van der Waals surface area contributed by atoms with E-state index in [-0.39, 0.29) is 29.6 Å². The molecule has 0 heterocycles. The molecule has 2 aromatic carbocycles. The SMILES string of the molecule is CC(=O)Nc1ccc(C(=O)NCC2C=C(C)C(CC(=O)N(C)Cc3ccccc3)CC2C(C)C)cc1. The molecule has 2 aromatic rings. The third kappa shape index (κ3) is 7.54. The van der Waals surface area contributed by atoms with E-state index in [1.54, 1.807) is 24.3 Å². The van der Waals surface area contributed by atoms with E-state index < -0.39 is 0 Å². The summed E-state index contributed by atoms with van der Waals surface area (Å²) in [6, 6.07) is 17.0. The zero-order valence-electron chi connectivity index (χ0n) is 22.1. The van der Waals surface area contributed by atoms with E-state index in [1.807, 2.05) is 42.3 Å². The van der Waals surface area contributed by atoms with E-state index in [4.69, 9.17) is 0 Å². The summed E-state index contributed by atoms with van der Waals surface area (Å²) in [5.41, 5.74) is 3.59. The molecule has 36 heavy (non-hydrogen) atoms. The number of hydrogen-bond acceptors (Lipinski definition) is 3. The normalized spacial score (nSPS) is 19.4. The minimum Gasteiger partial charge on any atom is -0.351 e. The van der Waals surface area contributed by atoms with Gasteiger partial charge in [0.05, 0.1) is 0 Å². The monoisotopic (exact) mass is 489 g/mol. The molecule has 1 aliphatic rings. The number of benzene rings is 2. The van der Waals surface area contributed by atoms with Gasteiger partial charge in [0.1, 0.15) is 0 Å². The summed E-state index contributed by atoms with van der Waals surface area (Å²) in [7, 11) is 1.87. The first-order valence-electron chi connectivity index (χ1n) is 12.8. The Labute approximate surface area is 215 Å². The van der Waals surface area contributed by atoms with Crippen molar-refractivity contribution in [1.82, 2.24) is 10.2 Å². The summed E-state index contributed by atoms with van der Waals surface area (Å²) in [4.78, 5) is 38.7. The van der Waals surface area contributed by atoms with Crippen LogP contribution in [0.1, 0.15) is 56.5 Å². The van der Waals surface area contributed by atoms with E-state index in [0.717, 1.165) is 12.0 Å². The topological polar surface area (TPSA) is 78.5 Å². The van der Waals surface area contributed by atoms with Crippen molar-refractivity contribution in [2.75, 3.05) is 18.9 Å². The molecule has 192 valence electrons. The molecular formula is C30H39N3O3. The maximum atomic E-state index is 13.0. The van der Waals surface area contributed by atoms with Crippen molar-refractivity contribution in [3.05, 3.63) is 77.4 Å². The van der Waals surface area contributed by atoms with Crippen molar-refractivity contribution in [3.63, 3.8) is 0 Å². The second kappa shape index (κ2) is 12.5. The molecule has 3 atom stereocenters. The number of anilines is 1. The summed E-state index contributed by atoms with van der Waals surface area (Å²) in [6.07, 6.45) is 3.72. The first-order valence-corrected chi connectivity index (χ1v) is 12.8. The van der Waals surface area contributed by atoms with Gasteiger partial charge in [-0.15, -0.1) is 0 Å². The van der Waals surface area contributed by atoms with Crippen molar-refractivity contribution < 1.29 is 14.4 Å². The minimum absolute atomic E-state index is 0.127. The summed E-state index contributed by atoms with van der Waals surface area (Å²) in [5, 5.41) is 5.80. The number of carbonyl (C=O) groups is 3. The fourth-order valence-electron chi connectivity index (χ4n) is 5.04. The molecule has 3 rings (SSSR count). The molecular weight excluding hydrogens is 450 g/mol. The number of carbonyl (C=O) groups excluding carboxylic acids is 3. The highest BCUT2D eigenvalue weighted by atomic mass is 16.2. The predicted molar refractivity (Wildman–Crippen MR) is 144 cm³/mol. The van der Waals surface area contributed by atoms with E-state index in [0.29, 0.717) is 42.6 Å². The quantitative estimate of drug-likeness (QED) is 0.471. The maximum Gasteiger partial charge on any atom is 0.251 e. The Morgan fingerprint density at radius 1 is 1.03 bits per heavy atom. The first kappa shape index (κ1) is 27.2. The molecule has 0 radical (unpaired) electrons. The number of nitrogens with zero attached hydrogens (tertiary/aromatic N) is 1. The predicted octanol–water partition coefficient (Wildman–Crippen LogP) is 5.28. The van der Waals surface area contributed by atoms with Crippen LogP contribution in [0, 0.1) is 23.7 Å². The number of nitrogens with one attached hydrogen (secondary N) is 2. The molecule has 6 nitrogen and oxygen atoms in total. The van der Waals surface area contributed by atoms with Crippen LogP contribution in [0.2, 0.25) is 0 Å². The summed E-state index contributed by atoms with van der Waals surface area (Å²) in [5.74, 6) is 1.15. The lowest BCUT2D eigenvalue weighted by Crippen LogP contribution is -2.38. The maximum absolute atomic E-state index is 13.0. The van der Waals surface area contributed by atoms with Gasteiger partial charge in [0.25, 0.3) is 5.91 Å². The molecule has 0 aliphatic heterocycles. The molecule has 0 saturated heterocycles. The Bertz CT molecular complexity index is 1080. The summed E-state index contributed by atoms with van der Waals surface area (Å²) < 4.78 is 0. The van der Waals surface area contributed by atoms with Crippen LogP contribution in [0.15, 0.2) is 66.2 Å². The molecule has 0 saturated carbocycles. The Kier molecular flexibility index (Phi) is 9.45. The second-order valence-corrected chi connectivity index (χ2v) is 10.3. The van der Waals surface area contributed by atoms with Gasteiger partial charge >= 0.3 is 0 Å².